The van der Waals surface area contributed by atoms with Gasteiger partial charge < -0.3 is 14.8 Å². The Kier molecular flexibility index (Phi) is 4.39. The van der Waals surface area contributed by atoms with Crippen molar-refractivity contribution in [2.45, 2.75) is 18.9 Å². The molecular weight excluding hydrogens is 282 g/mol. The Bertz CT molecular complexity index is 648. The number of aromatic nitrogens is 2. The van der Waals surface area contributed by atoms with Crippen LogP contribution >= 0.6 is 0 Å². The zero-order chi connectivity index (χ0) is 15.4. The summed E-state index contributed by atoms with van der Waals surface area (Å²) in [4.78, 5) is 12.5. The highest BCUT2D eigenvalue weighted by Crippen LogP contribution is 2.25. The maximum atomic E-state index is 12.5. The van der Waals surface area contributed by atoms with Gasteiger partial charge >= 0.3 is 0 Å². The lowest BCUT2D eigenvalue weighted by Crippen LogP contribution is -2.40. The summed E-state index contributed by atoms with van der Waals surface area (Å²) in [5.74, 6) is 0.975. The second-order valence-electron chi connectivity index (χ2n) is 5.34. The number of hydrogen-bond donors (Lipinski definition) is 1. The van der Waals surface area contributed by atoms with Gasteiger partial charge in [0.05, 0.1) is 30.6 Å². The summed E-state index contributed by atoms with van der Waals surface area (Å²) in [5, 5.41) is 7.06. The summed E-state index contributed by atoms with van der Waals surface area (Å²) in [6, 6.07) is 7.26. The van der Waals surface area contributed by atoms with Gasteiger partial charge in [-0.2, -0.15) is 5.10 Å². The van der Waals surface area contributed by atoms with E-state index in [1.807, 2.05) is 19.2 Å². The first kappa shape index (κ1) is 14.6. The van der Waals surface area contributed by atoms with Crippen molar-refractivity contribution in [3.8, 4) is 11.5 Å². The molecule has 1 aliphatic rings. The molecule has 1 unspecified atom stereocenters. The quantitative estimate of drug-likeness (QED) is 0.939. The lowest BCUT2D eigenvalue weighted by molar-refractivity contribution is 0.0623. The maximum Gasteiger partial charge on any atom is 0.255 e. The molecule has 6 heteroatoms. The molecule has 2 heterocycles. The summed E-state index contributed by atoms with van der Waals surface area (Å²) in [6.07, 6.45) is 5.28. The Morgan fingerprint density at radius 1 is 1.45 bits per heavy atom. The molecule has 0 spiro atoms. The lowest BCUT2D eigenvalue weighted by atomic mass is 10.1. The average molecular weight is 301 g/mol. The molecule has 0 aliphatic carbocycles. The first-order valence-corrected chi connectivity index (χ1v) is 7.36. The number of ether oxygens (including phenoxy) is 2. The highest BCUT2D eigenvalue weighted by atomic mass is 16.5. The van der Waals surface area contributed by atoms with Gasteiger partial charge in [0.1, 0.15) is 5.75 Å². The number of para-hydroxylation sites is 1. The van der Waals surface area contributed by atoms with Gasteiger partial charge in [0.2, 0.25) is 0 Å². The van der Waals surface area contributed by atoms with Crippen LogP contribution in [0, 0.1) is 0 Å². The fourth-order valence-electron chi connectivity index (χ4n) is 2.44. The monoisotopic (exact) mass is 301 g/mol. The van der Waals surface area contributed by atoms with E-state index in [-0.39, 0.29) is 11.9 Å². The van der Waals surface area contributed by atoms with Gasteiger partial charge in [-0.3, -0.25) is 9.48 Å². The average Bonchev–Trinajstić information content (AvgIpc) is 2.94. The molecule has 1 aromatic carbocycles. The van der Waals surface area contributed by atoms with E-state index in [2.05, 4.69) is 10.4 Å². The molecule has 6 nitrogen and oxygen atoms in total. The third kappa shape index (κ3) is 3.46. The molecule has 0 radical (unpaired) electrons. The van der Waals surface area contributed by atoms with Gasteiger partial charge in [-0.05, 0) is 25.0 Å². The van der Waals surface area contributed by atoms with Crippen LogP contribution in [0.5, 0.6) is 11.5 Å². The number of hydrogen-bond acceptors (Lipinski definition) is 4. The maximum absolute atomic E-state index is 12.5. The van der Waals surface area contributed by atoms with Crippen molar-refractivity contribution in [1.29, 1.82) is 0 Å². The van der Waals surface area contributed by atoms with E-state index in [4.69, 9.17) is 9.47 Å². The number of rotatable bonds is 4. The van der Waals surface area contributed by atoms with Crippen LogP contribution in [0.25, 0.3) is 0 Å². The van der Waals surface area contributed by atoms with Gasteiger partial charge in [0.25, 0.3) is 5.91 Å². The van der Waals surface area contributed by atoms with Crippen molar-refractivity contribution in [1.82, 2.24) is 15.1 Å². The Labute approximate surface area is 129 Å². The molecule has 1 atom stereocenters. The van der Waals surface area contributed by atoms with Crippen LogP contribution < -0.4 is 10.1 Å². The summed E-state index contributed by atoms with van der Waals surface area (Å²) in [5.41, 5.74) is 0.511. The minimum Gasteiger partial charge on any atom is -0.453 e. The number of carbonyl (C=O) groups excluding carboxylic acids is 1. The van der Waals surface area contributed by atoms with Gasteiger partial charge in [0.15, 0.2) is 5.75 Å². The SMILES string of the molecule is Cn1cc(Oc2ccccc2C(=O)NC2CCCOC2)cn1. The normalized spacial score (nSPS) is 18.0. The van der Waals surface area contributed by atoms with E-state index in [0.717, 1.165) is 19.4 Å². The van der Waals surface area contributed by atoms with Crippen LogP contribution in [0.1, 0.15) is 23.2 Å². The molecule has 22 heavy (non-hydrogen) atoms. The summed E-state index contributed by atoms with van der Waals surface area (Å²) in [6.45, 7) is 1.34. The van der Waals surface area contributed by atoms with Crippen LogP contribution in [0.4, 0.5) is 0 Å². The topological polar surface area (TPSA) is 65.4 Å². The Hall–Kier alpha value is -2.34. The Morgan fingerprint density at radius 3 is 3.05 bits per heavy atom. The van der Waals surface area contributed by atoms with Crippen molar-refractivity contribution >= 4 is 5.91 Å². The molecule has 2 aromatic rings. The zero-order valence-corrected chi connectivity index (χ0v) is 12.5. The van der Waals surface area contributed by atoms with Crippen LogP contribution in [0.3, 0.4) is 0 Å². The number of amides is 1. The van der Waals surface area contributed by atoms with Crippen molar-refractivity contribution < 1.29 is 14.3 Å². The third-order valence-electron chi connectivity index (χ3n) is 3.54. The molecule has 1 aliphatic heterocycles. The predicted molar refractivity (Wildman–Crippen MR) is 81.0 cm³/mol. The molecule has 116 valence electrons. The molecule has 1 aromatic heterocycles. The molecule has 0 saturated carbocycles. The Balaban J connectivity index is 1.73. The van der Waals surface area contributed by atoms with E-state index < -0.39 is 0 Å². The molecule has 1 N–H and O–H groups in total. The fourth-order valence-corrected chi connectivity index (χ4v) is 2.44. The van der Waals surface area contributed by atoms with Crippen molar-refractivity contribution in [2.24, 2.45) is 7.05 Å². The van der Waals surface area contributed by atoms with Crippen molar-refractivity contribution in [2.75, 3.05) is 13.2 Å². The number of benzene rings is 1. The van der Waals surface area contributed by atoms with E-state index in [9.17, 15) is 4.79 Å². The van der Waals surface area contributed by atoms with Crippen molar-refractivity contribution in [3.05, 3.63) is 42.2 Å². The highest BCUT2D eigenvalue weighted by molar-refractivity contribution is 5.97. The van der Waals surface area contributed by atoms with Crippen LogP contribution in [-0.2, 0) is 11.8 Å². The summed E-state index contributed by atoms with van der Waals surface area (Å²) in [7, 11) is 1.81. The molecular formula is C16H19N3O3. The zero-order valence-electron chi connectivity index (χ0n) is 12.5. The lowest BCUT2D eigenvalue weighted by Gasteiger charge is -2.23. The Morgan fingerprint density at radius 2 is 2.32 bits per heavy atom. The van der Waals surface area contributed by atoms with Crippen LogP contribution in [0.2, 0.25) is 0 Å². The van der Waals surface area contributed by atoms with E-state index >= 15 is 0 Å². The fraction of sp³-hybridized carbons (Fsp3) is 0.375. The van der Waals surface area contributed by atoms with Crippen LogP contribution in [-0.4, -0.2) is 34.9 Å². The smallest absolute Gasteiger partial charge is 0.255 e. The van der Waals surface area contributed by atoms with Gasteiger partial charge in [-0.25, -0.2) is 0 Å². The van der Waals surface area contributed by atoms with E-state index in [1.54, 1.807) is 29.2 Å². The minimum absolute atomic E-state index is 0.0627. The molecule has 1 saturated heterocycles. The number of aryl methyl sites for hydroxylation is 1. The summed E-state index contributed by atoms with van der Waals surface area (Å²) >= 11 is 0. The molecule has 0 bridgehead atoms. The first-order chi connectivity index (χ1) is 10.7. The molecule has 1 fully saturated rings. The van der Waals surface area contributed by atoms with Crippen molar-refractivity contribution in [3.63, 3.8) is 0 Å². The summed E-state index contributed by atoms with van der Waals surface area (Å²) < 4.78 is 12.8. The second-order valence-corrected chi connectivity index (χ2v) is 5.34. The molecule has 1 amide bonds. The van der Waals surface area contributed by atoms with E-state index in [0.29, 0.717) is 23.7 Å². The highest BCUT2D eigenvalue weighted by Gasteiger charge is 2.19. The largest absolute Gasteiger partial charge is 0.453 e. The minimum atomic E-state index is -0.144. The number of nitrogens with zero attached hydrogens (tertiary/aromatic N) is 2. The number of nitrogens with one attached hydrogen (secondary N) is 1. The third-order valence-corrected chi connectivity index (χ3v) is 3.54. The van der Waals surface area contributed by atoms with Crippen LogP contribution in [0.15, 0.2) is 36.7 Å². The standard InChI is InChI=1S/C16H19N3O3/c1-19-10-13(9-17-19)22-15-7-3-2-6-14(15)16(20)18-12-5-4-8-21-11-12/h2-3,6-7,9-10,12H,4-5,8,11H2,1H3,(H,18,20). The predicted octanol–water partition coefficient (Wildman–Crippen LogP) is 2.12. The number of carbonyl (C=O) groups is 1. The van der Waals surface area contributed by atoms with E-state index in [1.165, 1.54) is 0 Å². The second kappa shape index (κ2) is 6.62. The first-order valence-electron chi connectivity index (χ1n) is 7.36. The van der Waals surface area contributed by atoms with Gasteiger partial charge in [0, 0.05) is 13.7 Å². The molecule has 3 rings (SSSR count). The van der Waals surface area contributed by atoms with Gasteiger partial charge in [-0.15, -0.1) is 0 Å². The van der Waals surface area contributed by atoms with Gasteiger partial charge in [-0.1, -0.05) is 12.1 Å².